The maximum Gasteiger partial charge on any atom is 0.340 e. The van der Waals surface area contributed by atoms with Crippen molar-refractivity contribution < 1.29 is 24.0 Å². The minimum absolute atomic E-state index is 0.0327. The first-order chi connectivity index (χ1) is 11.9. The fraction of sp³-hybridized carbons (Fsp3) is 0.294. The molecule has 0 saturated carbocycles. The van der Waals surface area contributed by atoms with E-state index in [1.807, 2.05) is 0 Å². The number of ether oxygens (including phenoxy) is 2. The molecule has 1 unspecified atom stereocenters. The lowest BCUT2D eigenvalue weighted by Crippen LogP contribution is -2.31. The number of Topliss-reactive ketones (excluding diaryl/α,β-unsaturated/α-hetero) is 1. The van der Waals surface area contributed by atoms with Crippen LogP contribution in [0.2, 0.25) is 0 Å². The molecule has 130 valence electrons. The average molecular weight is 344 g/mol. The van der Waals surface area contributed by atoms with Gasteiger partial charge in [-0.1, -0.05) is 12.1 Å². The number of allylic oxidation sites excluding steroid dienone is 2. The van der Waals surface area contributed by atoms with Crippen molar-refractivity contribution in [3.63, 3.8) is 0 Å². The molecule has 1 aliphatic carbocycles. The average Bonchev–Trinajstić information content (AvgIpc) is 2.60. The Morgan fingerprint density at radius 1 is 1.32 bits per heavy atom. The van der Waals surface area contributed by atoms with Crippen molar-refractivity contribution in [3.05, 3.63) is 62.7 Å². The standard InChI is InChI=1S/C17H16N2O6/c1-24-17(21)15-13(9-5-7-10(8-6-9)19(22)23)14-11(20)3-2-4-12(14)25-16(15)18/h5-8,13H,2-4,18H2,1H3. The van der Waals surface area contributed by atoms with E-state index in [4.69, 9.17) is 15.2 Å². The Kier molecular flexibility index (Phi) is 4.26. The first kappa shape index (κ1) is 16.7. The van der Waals surface area contributed by atoms with E-state index in [-0.39, 0.29) is 22.9 Å². The topological polar surface area (TPSA) is 122 Å². The summed E-state index contributed by atoms with van der Waals surface area (Å²) in [6.45, 7) is 0. The third-order valence-corrected chi connectivity index (χ3v) is 4.33. The number of nitro groups is 1. The molecule has 0 aromatic heterocycles. The van der Waals surface area contributed by atoms with E-state index >= 15 is 0 Å². The van der Waals surface area contributed by atoms with Crippen LogP contribution in [0.1, 0.15) is 30.7 Å². The second-order valence-electron chi connectivity index (χ2n) is 5.77. The zero-order chi connectivity index (χ0) is 18.1. The predicted molar refractivity (Wildman–Crippen MR) is 86.0 cm³/mol. The molecule has 2 N–H and O–H groups in total. The van der Waals surface area contributed by atoms with Gasteiger partial charge in [-0.25, -0.2) is 4.79 Å². The van der Waals surface area contributed by atoms with Gasteiger partial charge in [0, 0.05) is 30.5 Å². The van der Waals surface area contributed by atoms with Gasteiger partial charge in [0.25, 0.3) is 5.69 Å². The van der Waals surface area contributed by atoms with Crippen molar-refractivity contribution in [3.8, 4) is 0 Å². The van der Waals surface area contributed by atoms with E-state index in [9.17, 15) is 19.7 Å². The fourth-order valence-electron chi connectivity index (χ4n) is 3.19. The molecule has 25 heavy (non-hydrogen) atoms. The van der Waals surface area contributed by atoms with Crippen LogP contribution in [0, 0.1) is 10.1 Å². The van der Waals surface area contributed by atoms with Crippen molar-refractivity contribution >= 4 is 17.4 Å². The van der Waals surface area contributed by atoms with Crippen molar-refractivity contribution in [1.82, 2.24) is 0 Å². The van der Waals surface area contributed by atoms with Crippen LogP contribution in [0.4, 0.5) is 5.69 Å². The van der Waals surface area contributed by atoms with Gasteiger partial charge in [-0.15, -0.1) is 0 Å². The van der Waals surface area contributed by atoms with Gasteiger partial charge in [0.1, 0.15) is 11.3 Å². The molecule has 0 bridgehead atoms. The van der Waals surface area contributed by atoms with E-state index < -0.39 is 16.8 Å². The van der Waals surface area contributed by atoms with Crippen LogP contribution in [0.25, 0.3) is 0 Å². The van der Waals surface area contributed by atoms with Crippen LogP contribution in [0.5, 0.6) is 0 Å². The molecule has 1 aliphatic heterocycles. The molecule has 0 spiro atoms. The lowest BCUT2D eigenvalue weighted by Gasteiger charge is -2.32. The quantitative estimate of drug-likeness (QED) is 0.506. The molecule has 3 rings (SSSR count). The summed E-state index contributed by atoms with van der Waals surface area (Å²) in [5.74, 6) is -1.25. The smallest absolute Gasteiger partial charge is 0.340 e. The van der Waals surface area contributed by atoms with Gasteiger partial charge >= 0.3 is 5.97 Å². The molecule has 1 aromatic carbocycles. The van der Waals surface area contributed by atoms with E-state index in [1.165, 1.54) is 31.4 Å². The maximum atomic E-state index is 12.5. The third kappa shape index (κ3) is 2.86. The second-order valence-corrected chi connectivity index (χ2v) is 5.77. The van der Waals surface area contributed by atoms with Crippen molar-refractivity contribution in [2.75, 3.05) is 7.11 Å². The Labute approximate surface area is 143 Å². The molecule has 1 atom stereocenters. The molecule has 8 nitrogen and oxygen atoms in total. The van der Waals surface area contributed by atoms with E-state index in [0.29, 0.717) is 36.2 Å². The number of nitrogens with two attached hydrogens (primary N) is 1. The second kappa shape index (κ2) is 6.39. The number of rotatable bonds is 3. The number of hydrogen-bond acceptors (Lipinski definition) is 7. The summed E-state index contributed by atoms with van der Waals surface area (Å²) in [5.41, 5.74) is 6.77. The number of esters is 1. The van der Waals surface area contributed by atoms with E-state index in [0.717, 1.165) is 0 Å². The predicted octanol–water partition coefficient (Wildman–Crippen LogP) is 2.06. The van der Waals surface area contributed by atoms with E-state index in [2.05, 4.69) is 0 Å². The number of hydrogen-bond donors (Lipinski definition) is 1. The molecule has 8 heteroatoms. The molecule has 1 aromatic rings. The van der Waals surface area contributed by atoms with Crippen LogP contribution in [-0.4, -0.2) is 23.8 Å². The molecule has 0 saturated heterocycles. The molecule has 2 aliphatic rings. The highest BCUT2D eigenvalue weighted by Crippen LogP contribution is 2.44. The number of carbonyl (C=O) groups is 2. The number of carbonyl (C=O) groups excluding carboxylic acids is 2. The highest BCUT2D eigenvalue weighted by Gasteiger charge is 2.41. The maximum absolute atomic E-state index is 12.5. The number of benzene rings is 1. The minimum atomic E-state index is -0.759. The summed E-state index contributed by atoms with van der Waals surface area (Å²) in [5, 5.41) is 10.9. The zero-order valence-electron chi connectivity index (χ0n) is 13.5. The summed E-state index contributed by atoms with van der Waals surface area (Å²) in [6.07, 6.45) is 1.53. The number of nitro benzene ring substituents is 1. The van der Waals surface area contributed by atoms with Crippen molar-refractivity contribution in [2.45, 2.75) is 25.2 Å². The van der Waals surface area contributed by atoms with Crippen molar-refractivity contribution in [2.24, 2.45) is 5.73 Å². The van der Waals surface area contributed by atoms with Crippen LogP contribution >= 0.6 is 0 Å². The molecular formula is C17H16N2O6. The molecule has 0 amide bonds. The molecule has 0 fully saturated rings. The molecule has 1 heterocycles. The van der Waals surface area contributed by atoms with E-state index in [1.54, 1.807) is 0 Å². The van der Waals surface area contributed by atoms with Crippen LogP contribution in [-0.2, 0) is 19.1 Å². The Balaban J connectivity index is 2.15. The Hall–Kier alpha value is -3.16. The number of non-ortho nitro benzene ring substituents is 1. The Morgan fingerprint density at radius 2 is 2.00 bits per heavy atom. The van der Waals surface area contributed by atoms with Crippen LogP contribution < -0.4 is 5.73 Å². The third-order valence-electron chi connectivity index (χ3n) is 4.33. The number of nitrogens with zero attached hydrogens (tertiary/aromatic N) is 1. The van der Waals surface area contributed by atoms with Crippen LogP contribution in [0.3, 0.4) is 0 Å². The van der Waals surface area contributed by atoms with Crippen molar-refractivity contribution in [1.29, 1.82) is 0 Å². The summed E-state index contributed by atoms with van der Waals surface area (Å²) < 4.78 is 10.3. The van der Waals surface area contributed by atoms with Gasteiger partial charge in [-0.3, -0.25) is 14.9 Å². The Bertz CT molecular complexity index is 822. The van der Waals surface area contributed by atoms with Gasteiger partial charge in [-0.05, 0) is 12.0 Å². The normalized spacial score (nSPS) is 20.0. The van der Waals surface area contributed by atoms with Gasteiger partial charge in [-0.2, -0.15) is 0 Å². The Morgan fingerprint density at radius 3 is 2.60 bits per heavy atom. The van der Waals surface area contributed by atoms with Gasteiger partial charge in [0.15, 0.2) is 5.78 Å². The number of ketones is 1. The zero-order valence-corrected chi connectivity index (χ0v) is 13.5. The SMILES string of the molecule is COC(=O)C1=C(N)OC2=C(C(=O)CCC2)C1c1ccc([N+](=O)[O-])cc1. The highest BCUT2D eigenvalue weighted by molar-refractivity contribution is 6.03. The van der Waals surface area contributed by atoms with Crippen LogP contribution in [0.15, 0.2) is 47.1 Å². The lowest BCUT2D eigenvalue weighted by atomic mass is 9.77. The monoisotopic (exact) mass is 344 g/mol. The largest absolute Gasteiger partial charge is 0.465 e. The lowest BCUT2D eigenvalue weighted by molar-refractivity contribution is -0.384. The summed E-state index contributed by atoms with van der Waals surface area (Å²) in [7, 11) is 1.21. The molecular weight excluding hydrogens is 328 g/mol. The number of methoxy groups -OCH3 is 1. The minimum Gasteiger partial charge on any atom is -0.465 e. The van der Waals surface area contributed by atoms with Gasteiger partial charge in [0.2, 0.25) is 5.88 Å². The van der Waals surface area contributed by atoms with Gasteiger partial charge in [0.05, 0.1) is 18.0 Å². The fourth-order valence-corrected chi connectivity index (χ4v) is 3.19. The summed E-state index contributed by atoms with van der Waals surface area (Å²) in [6, 6.07) is 5.67. The summed E-state index contributed by atoms with van der Waals surface area (Å²) >= 11 is 0. The molecule has 0 radical (unpaired) electrons. The van der Waals surface area contributed by atoms with Gasteiger partial charge < -0.3 is 15.2 Å². The first-order valence-electron chi connectivity index (χ1n) is 7.70. The highest BCUT2D eigenvalue weighted by atomic mass is 16.6. The summed E-state index contributed by atoms with van der Waals surface area (Å²) in [4.78, 5) is 35.1. The first-order valence-corrected chi connectivity index (χ1v) is 7.70.